The summed E-state index contributed by atoms with van der Waals surface area (Å²) in [7, 11) is 3.04. The number of carbonyl (C=O) groups excluding carboxylic acids is 2. The van der Waals surface area contributed by atoms with Crippen LogP contribution in [-0.4, -0.2) is 26.0 Å². The van der Waals surface area contributed by atoms with Crippen LogP contribution in [0.3, 0.4) is 0 Å². The number of ether oxygens (including phenoxy) is 1. The second-order valence-electron chi connectivity index (χ2n) is 4.45. The molecule has 1 aromatic rings. The van der Waals surface area contributed by atoms with Crippen LogP contribution in [0.4, 0.5) is 5.69 Å². The molecule has 0 N–H and O–H groups in total. The highest BCUT2D eigenvalue weighted by Gasteiger charge is 2.13. The van der Waals surface area contributed by atoms with Gasteiger partial charge in [0, 0.05) is 19.2 Å². The summed E-state index contributed by atoms with van der Waals surface area (Å²) in [4.78, 5) is 24.5. The summed E-state index contributed by atoms with van der Waals surface area (Å²) in [6.45, 7) is 2.14. The van der Waals surface area contributed by atoms with E-state index in [-0.39, 0.29) is 24.7 Å². The van der Waals surface area contributed by atoms with Crippen molar-refractivity contribution in [1.82, 2.24) is 0 Å². The van der Waals surface area contributed by atoms with Gasteiger partial charge in [-0.1, -0.05) is 25.5 Å². The van der Waals surface area contributed by atoms with E-state index in [9.17, 15) is 9.59 Å². The van der Waals surface area contributed by atoms with Crippen LogP contribution >= 0.6 is 0 Å². The number of anilines is 1. The lowest BCUT2D eigenvalue weighted by Gasteiger charge is -2.17. The van der Waals surface area contributed by atoms with Crippen molar-refractivity contribution in [3.05, 3.63) is 29.8 Å². The summed E-state index contributed by atoms with van der Waals surface area (Å²) in [5.41, 5.74) is 2.11. The van der Waals surface area contributed by atoms with Gasteiger partial charge in [-0.25, -0.2) is 0 Å². The molecule has 0 spiro atoms. The minimum Gasteiger partial charge on any atom is -0.469 e. The highest BCUT2D eigenvalue weighted by molar-refractivity contribution is 5.94. The molecule has 0 saturated carbocycles. The number of methoxy groups -OCH3 is 1. The maximum Gasteiger partial charge on any atom is 0.306 e. The molecule has 104 valence electrons. The average Bonchev–Trinajstić information content (AvgIpc) is 2.44. The zero-order valence-electron chi connectivity index (χ0n) is 11.8. The molecule has 4 heteroatoms. The Balaban J connectivity index is 2.58. The number of aryl methyl sites for hydroxylation is 1. The first kappa shape index (κ1) is 15.2. The standard InChI is InChI=1S/C15H21NO3/c1-4-5-12-6-8-13(9-7-12)16(2)14(17)10-11-15(18)19-3/h6-9H,4-5,10-11H2,1-3H3. The molecule has 0 aromatic heterocycles. The van der Waals surface area contributed by atoms with Crippen LogP contribution in [0.2, 0.25) is 0 Å². The predicted octanol–water partition coefficient (Wildman–Crippen LogP) is 2.56. The SMILES string of the molecule is CCCc1ccc(N(C)C(=O)CCC(=O)OC)cc1. The number of esters is 1. The van der Waals surface area contributed by atoms with Gasteiger partial charge in [0.1, 0.15) is 0 Å². The number of hydrogen-bond acceptors (Lipinski definition) is 3. The molecule has 0 aliphatic heterocycles. The number of amides is 1. The van der Waals surface area contributed by atoms with Gasteiger partial charge in [-0.3, -0.25) is 9.59 Å². The third-order valence-electron chi connectivity index (χ3n) is 3.01. The van der Waals surface area contributed by atoms with E-state index < -0.39 is 0 Å². The van der Waals surface area contributed by atoms with Crippen LogP contribution in [0.15, 0.2) is 24.3 Å². The lowest BCUT2D eigenvalue weighted by molar-refractivity contribution is -0.141. The molecule has 19 heavy (non-hydrogen) atoms. The van der Waals surface area contributed by atoms with Crippen molar-refractivity contribution in [3.8, 4) is 0 Å². The molecule has 0 radical (unpaired) electrons. The minimum atomic E-state index is -0.361. The van der Waals surface area contributed by atoms with E-state index in [4.69, 9.17) is 0 Å². The highest BCUT2D eigenvalue weighted by atomic mass is 16.5. The van der Waals surface area contributed by atoms with Crippen LogP contribution in [0.5, 0.6) is 0 Å². The van der Waals surface area contributed by atoms with E-state index in [0.29, 0.717) is 0 Å². The normalized spacial score (nSPS) is 10.1. The summed E-state index contributed by atoms with van der Waals surface area (Å²) < 4.78 is 4.52. The van der Waals surface area contributed by atoms with E-state index in [1.807, 2.05) is 24.3 Å². The Morgan fingerprint density at radius 3 is 2.32 bits per heavy atom. The van der Waals surface area contributed by atoms with Gasteiger partial charge in [0.2, 0.25) is 5.91 Å². The Hall–Kier alpha value is -1.84. The zero-order chi connectivity index (χ0) is 14.3. The van der Waals surface area contributed by atoms with Crippen molar-refractivity contribution in [3.63, 3.8) is 0 Å². The van der Waals surface area contributed by atoms with Crippen molar-refractivity contribution in [2.75, 3.05) is 19.1 Å². The Kier molecular flexibility index (Phi) is 6.06. The fraction of sp³-hybridized carbons (Fsp3) is 0.467. The molecule has 0 saturated heterocycles. The molecule has 0 unspecified atom stereocenters. The van der Waals surface area contributed by atoms with Crippen LogP contribution in [0, 0.1) is 0 Å². The quantitative estimate of drug-likeness (QED) is 0.741. The van der Waals surface area contributed by atoms with Gasteiger partial charge >= 0.3 is 5.97 Å². The Labute approximate surface area is 114 Å². The van der Waals surface area contributed by atoms with Gasteiger partial charge in [-0.2, -0.15) is 0 Å². The van der Waals surface area contributed by atoms with Gasteiger partial charge in [-0.05, 0) is 24.1 Å². The molecule has 1 amide bonds. The first-order valence-corrected chi connectivity index (χ1v) is 6.50. The Morgan fingerprint density at radius 1 is 1.16 bits per heavy atom. The molecule has 0 aliphatic rings. The molecular formula is C15H21NO3. The largest absolute Gasteiger partial charge is 0.469 e. The first-order chi connectivity index (χ1) is 9.08. The van der Waals surface area contributed by atoms with Crippen molar-refractivity contribution in [2.45, 2.75) is 32.6 Å². The molecular weight excluding hydrogens is 242 g/mol. The maximum absolute atomic E-state index is 11.9. The lowest BCUT2D eigenvalue weighted by atomic mass is 10.1. The third-order valence-corrected chi connectivity index (χ3v) is 3.01. The summed E-state index contributed by atoms with van der Waals surface area (Å²) in [6, 6.07) is 7.92. The minimum absolute atomic E-state index is 0.0892. The number of carbonyl (C=O) groups is 2. The zero-order valence-corrected chi connectivity index (χ0v) is 11.8. The Bertz CT molecular complexity index is 426. The van der Waals surface area contributed by atoms with Crippen molar-refractivity contribution >= 4 is 17.6 Å². The summed E-state index contributed by atoms with van der Waals surface area (Å²) in [5, 5.41) is 0. The number of hydrogen-bond donors (Lipinski definition) is 0. The smallest absolute Gasteiger partial charge is 0.306 e. The molecule has 4 nitrogen and oxygen atoms in total. The van der Waals surface area contributed by atoms with Crippen molar-refractivity contribution in [1.29, 1.82) is 0 Å². The molecule has 0 heterocycles. The van der Waals surface area contributed by atoms with Gasteiger partial charge < -0.3 is 9.64 Å². The number of benzene rings is 1. The van der Waals surface area contributed by atoms with E-state index in [1.54, 1.807) is 11.9 Å². The van der Waals surface area contributed by atoms with E-state index >= 15 is 0 Å². The summed E-state index contributed by atoms with van der Waals surface area (Å²) in [6.07, 6.45) is 2.43. The van der Waals surface area contributed by atoms with Crippen LogP contribution in [-0.2, 0) is 20.7 Å². The average molecular weight is 263 g/mol. The molecule has 0 aliphatic carbocycles. The molecule has 0 fully saturated rings. The van der Waals surface area contributed by atoms with E-state index in [2.05, 4.69) is 11.7 Å². The predicted molar refractivity (Wildman–Crippen MR) is 75.1 cm³/mol. The fourth-order valence-electron chi connectivity index (χ4n) is 1.80. The molecule has 0 atom stereocenters. The second-order valence-corrected chi connectivity index (χ2v) is 4.45. The van der Waals surface area contributed by atoms with Gasteiger partial charge in [0.05, 0.1) is 13.5 Å². The van der Waals surface area contributed by atoms with Crippen molar-refractivity contribution < 1.29 is 14.3 Å². The van der Waals surface area contributed by atoms with Crippen LogP contribution in [0.25, 0.3) is 0 Å². The molecule has 0 bridgehead atoms. The topological polar surface area (TPSA) is 46.6 Å². The second kappa shape index (κ2) is 7.56. The van der Waals surface area contributed by atoms with Crippen LogP contribution in [0.1, 0.15) is 31.7 Å². The molecule has 1 aromatic carbocycles. The number of nitrogens with zero attached hydrogens (tertiary/aromatic N) is 1. The third kappa shape index (κ3) is 4.73. The van der Waals surface area contributed by atoms with Crippen molar-refractivity contribution in [2.24, 2.45) is 0 Å². The van der Waals surface area contributed by atoms with E-state index in [0.717, 1.165) is 18.5 Å². The summed E-state index contributed by atoms with van der Waals surface area (Å²) >= 11 is 0. The van der Waals surface area contributed by atoms with Gasteiger partial charge in [0.25, 0.3) is 0 Å². The first-order valence-electron chi connectivity index (χ1n) is 6.50. The number of rotatable bonds is 6. The maximum atomic E-state index is 11.9. The van der Waals surface area contributed by atoms with Gasteiger partial charge in [0.15, 0.2) is 0 Å². The van der Waals surface area contributed by atoms with Crippen LogP contribution < -0.4 is 4.90 Å². The Morgan fingerprint density at radius 2 is 1.79 bits per heavy atom. The molecule has 1 rings (SSSR count). The van der Waals surface area contributed by atoms with E-state index in [1.165, 1.54) is 12.7 Å². The lowest BCUT2D eigenvalue weighted by Crippen LogP contribution is -2.26. The monoisotopic (exact) mass is 263 g/mol. The highest BCUT2D eigenvalue weighted by Crippen LogP contribution is 2.16. The van der Waals surface area contributed by atoms with Gasteiger partial charge in [-0.15, -0.1) is 0 Å². The fourth-order valence-corrected chi connectivity index (χ4v) is 1.80. The summed E-state index contributed by atoms with van der Waals surface area (Å²) in [5.74, 6) is -0.450.